The Bertz CT molecular complexity index is 651. The van der Waals surface area contributed by atoms with E-state index in [9.17, 15) is 14.4 Å². The van der Waals surface area contributed by atoms with Crippen LogP contribution in [0, 0.1) is 23.7 Å². The third-order valence-electron chi connectivity index (χ3n) is 6.53. The molecule has 0 N–H and O–H groups in total. The van der Waals surface area contributed by atoms with Crippen LogP contribution in [0.3, 0.4) is 0 Å². The van der Waals surface area contributed by atoms with Gasteiger partial charge in [0.15, 0.2) is 18.5 Å². The summed E-state index contributed by atoms with van der Waals surface area (Å²) in [6, 6.07) is 0. The Kier molecular flexibility index (Phi) is 8.85. The lowest BCUT2D eigenvalue weighted by molar-refractivity contribution is -0.303. The molecule has 2 fully saturated rings. The second-order valence-electron chi connectivity index (χ2n) is 8.78. The maximum atomic E-state index is 11.6. The first-order chi connectivity index (χ1) is 14.4. The number of esters is 3. The Morgan fingerprint density at radius 2 is 1.13 bits per heavy atom. The van der Waals surface area contributed by atoms with E-state index in [-0.39, 0.29) is 36.4 Å². The van der Waals surface area contributed by atoms with Crippen molar-refractivity contribution >= 4 is 17.9 Å². The van der Waals surface area contributed by atoms with Gasteiger partial charge in [0.25, 0.3) is 0 Å². The molecule has 9 heteroatoms. The summed E-state index contributed by atoms with van der Waals surface area (Å²) in [6.45, 7) is 14.0. The fourth-order valence-electron chi connectivity index (χ4n) is 4.13. The maximum absolute atomic E-state index is 11.6. The Hall–Kier alpha value is -1.71. The zero-order valence-electron chi connectivity index (χ0n) is 19.7. The van der Waals surface area contributed by atoms with E-state index in [1.54, 1.807) is 0 Å². The zero-order chi connectivity index (χ0) is 23.5. The summed E-state index contributed by atoms with van der Waals surface area (Å²) in [5.41, 5.74) is 0. The van der Waals surface area contributed by atoms with Crippen molar-refractivity contribution in [1.29, 1.82) is 0 Å². The molecular weight excluding hydrogens is 408 g/mol. The maximum Gasteiger partial charge on any atom is 0.305 e. The summed E-state index contributed by atoms with van der Waals surface area (Å²) >= 11 is 0. The Morgan fingerprint density at radius 3 is 1.65 bits per heavy atom. The van der Waals surface area contributed by atoms with Gasteiger partial charge in [0.1, 0.15) is 0 Å². The van der Waals surface area contributed by atoms with Crippen LogP contribution in [-0.4, -0.2) is 61.5 Å². The average molecular weight is 445 g/mol. The fraction of sp³-hybridized carbons (Fsp3) is 0.864. The average Bonchev–Trinajstić information content (AvgIpc) is 2.66. The first-order valence-corrected chi connectivity index (χ1v) is 10.9. The van der Waals surface area contributed by atoms with Crippen LogP contribution in [0.4, 0.5) is 0 Å². The van der Waals surface area contributed by atoms with Crippen molar-refractivity contribution in [1.82, 2.24) is 0 Å². The molecule has 31 heavy (non-hydrogen) atoms. The van der Waals surface area contributed by atoms with E-state index in [1.807, 2.05) is 27.7 Å². The number of ether oxygens (including phenoxy) is 6. The molecule has 2 aliphatic heterocycles. The van der Waals surface area contributed by atoms with Gasteiger partial charge in [0.2, 0.25) is 6.29 Å². The normalized spacial score (nSPS) is 40.6. The zero-order valence-corrected chi connectivity index (χ0v) is 19.7. The van der Waals surface area contributed by atoms with E-state index in [1.165, 1.54) is 20.8 Å². The highest BCUT2D eigenvalue weighted by molar-refractivity contribution is 5.67. The topological polar surface area (TPSA) is 107 Å². The minimum atomic E-state index is -1.03. The van der Waals surface area contributed by atoms with Crippen LogP contribution in [0.15, 0.2) is 0 Å². The molecule has 0 saturated carbocycles. The van der Waals surface area contributed by atoms with Gasteiger partial charge in [-0.1, -0.05) is 27.7 Å². The van der Waals surface area contributed by atoms with Gasteiger partial charge in [-0.25, -0.2) is 0 Å². The van der Waals surface area contributed by atoms with Crippen molar-refractivity contribution < 1.29 is 42.8 Å². The molecule has 5 unspecified atom stereocenters. The molecule has 2 rings (SSSR count). The molecule has 9 nitrogen and oxygen atoms in total. The quantitative estimate of drug-likeness (QED) is 0.451. The molecule has 2 saturated heterocycles. The summed E-state index contributed by atoms with van der Waals surface area (Å²) in [7, 11) is 0. The molecule has 0 aliphatic carbocycles. The smallest absolute Gasteiger partial charge is 0.305 e. The van der Waals surface area contributed by atoms with Crippen molar-refractivity contribution in [2.24, 2.45) is 23.7 Å². The van der Waals surface area contributed by atoms with Crippen LogP contribution in [0.5, 0.6) is 0 Å². The van der Waals surface area contributed by atoms with Crippen LogP contribution in [0.2, 0.25) is 0 Å². The van der Waals surface area contributed by atoms with Gasteiger partial charge in [0.05, 0.1) is 18.8 Å². The molecule has 0 amide bonds. The molecule has 0 aromatic heterocycles. The lowest BCUT2D eigenvalue weighted by Crippen LogP contribution is -2.55. The third-order valence-corrected chi connectivity index (χ3v) is 6.53. The number of carbonyl (C=O) groups excluding carboxylic acids is 3. The number of hydrogen-bond acceptors (Lipinski definition) is 9. The Morgan fingerprint density at radius 1 is 0.645 bits per heavy atom. The van der Waals surface area contributed by atoms with Gasteiger partial charge in [-0.3, -0.25) is 14.4 Å². The van der Waals surface area contributed by atoms with E-state index < -0.39 is 48.8 Å². The van der Waals surface area contributed by atoms with E-state index in [4.69, 9.17) is 28.4 Å². The van der Waals surface area contributed by atoms with Crippen molar-refractivity contribution in [2.75, 3.05) is 6.61 Å². The number of carbonyl (C=O) groups is 3. The second-order valence-corrected chi connectivity index (χ2v) is 8.78. The lowest BCUT2D eigenvalue weighted by atomic mass is 9.83. The molecule has 178 valence electrons. The van der Waals surface area contributed by atoms with Crippen molar-refractivity contribution in [3.05, 3.63) is 0 Å². The minimum absolute atomic E-state index is 0.0448. The van der Waals surface area contributed by atoms with Crippen LogP contribution in [-0.2, 0) is 42.8 Å². The molecule has 0 spiro atoms. The molecule has 0 aromatic rings. The Balaban J connectivity index is 2.12. The first-order valence-electron chi connectivity index (χ1n) is 10.9. The summed E-state index contributed by atoms with van der Waals surface area (Å²) < 4.78 is 34.1. The highest BCUT2D eigenvalue weighted by atomic mass is 16.7. The summed E-state index contributed by atoms with van der Waals surface area (Å²) in [4.78, 5) is 34.7. The van der Waals surface area contributed by atoms with Crippen LogP contribution < -0.4 is 0 Å². The standard InChI is InChI=1S/C22H36O9/c1-10-12(3)19(28-15(6)23)21(27-14(10)5)26-9-18-11(2)13(4)20(29-16(7)24)22(31-18)30-17(8)25/h10-14,18-22H,9H2,1-8H3/t10-,11+,12?,13+,14+,18?,19?,20?,21-,22?/m1/s1. The number of hydrogen-bond donors (Lipinski definition) is 0. The third kappa shape index (κ3) is 6.40. The fourth-order valence-corrected chi connectivity index (χ4v) is 4.13. The molecular formula is C22H36O9. The van der Waals surface area contributed by atoms with E-state index in [0.717, 1.165) is 0 Å². The van der Waals surface area contributed by atoms with Crippen molar-refractivity contribution in [3.8, 4) is 0 Å². The van der Waals surface area contributed by atoms with Crippen LogP contribution >= 0.6 is 0 Å². The predicted octanol–water partition coefficient (Wildman–Crippen LogP) is 2.44. The second kappa shape index (κ2) is 10.7. The van der Waals surface area contributed by atoms with Gasteiger partial charge in [-0.15, -0.1) is 0 Å². The van der Waals surface area contributed by atoms with Gasteiger partial charge in [-0.05, 0) is 18.8 Å². The van der Waals surface area contributed by atoms with Gasteiger partial charge in [0, 0.05) is 32.6 Å². The van der Waals surface area contributed by atoms with Crippen molar-refractivity contribution in [3.63, 3.8) is 0 Å². The molecule has 2 heterocycles. The highest BCUT2D eigenvalue weighted by Gasteiger charge is 2.47. The molecule has 0 radical (unpaired) electrons. The van der Waals surface area contributed by atoms with Gasteiger partial charge < -0.3 is 28.4 Å². The monoisotopic (exact) mass is 444 g/mol. The van der Waals surface area contributed by atoms with E-state index in [2.05, 4.69) is 6.92 Å². The molecule has 2 aliphatic rings. The SMILES string of the molecule is CC(=O)OC1OC(CO[C@@H]2O[C@@H](C)[C@H](C)C(C)C2OC(C)=O)[C@@H](C)[C@H](C)C1OC(C)=O. The van der Waals surface area contributed by atoms with Gasteiger partial charge in [-0.2, -0.15) is 0 Å². The molecule has 0 aromatic carbocycles. The highest BCUT2D eigenvalue weighted by Crippen LogP contribution is 2.36. The van der Waals surface area contributed by atoms with Crippen molar-refractivity contribution in [2.45, 2.75) is 92.4 Å². The molecule has 0 bridgehead atoms. The van der Waals surface area contributed by atoms with E-state index >= 15 is 0 Å². The van der Waals surface area contributed by atoms with Crippen LogP contribution in [0.1, 0.15) is 55.4 Å². The first kappa shape index (κ1) is 25.5. The predicted molar refractivity (Wildman–Crippen MR) is 108 cm³/mol. The lowest BCUT2D eigenvalue weighted by Gasteiger charge is -2.45. The largest absolute Gasteiger partial charge is 0.457 e. The summed E-state index contributed by atoms with van der Waals surface area (Å²) in [6.07, 6.45) is -3.55. The number of rotatable bonds is 6. The van der Waals surface area contributed by atoms with E-state index in [0.29, 0.717) is 0 Å². The minimum Gasteiger partial charge on any atom is -0.457 e. The van der Waals surface area contributed by atoms with Gasteiger partial charge >= 0.3 is 17.9 Å². The Labute approximate surface area is 184 Å². The summed E-state index contributed by atoms with van der Waals surface area (Å²) in [5.74, 6) is -1.39. The summed E-state index contributed by atoms with van der Waals surface area (Å²) in [5, 5.41) is 0. The van der Waals surface area contributed by atoms with Crippen LogP contribution in [0.25, 0.3) is 0 Å². The molecule has 10 atom stereocenters.